The number of nitrogens with one attached hydrogen (secondary N) is 1. The lowest BCUT2D eigenvalue weighted by atomic mass is 9.99. The number of aliphatic hydroxyl groups excluding tert-OH is 5. The molecule has 1 fully saturated rings. The third-order valence-electron chi connectivity index (χ3n) is 19.3. The maximum Gasteiger partial charge on any atom is 0.305 e. The number of hydrogen-bond acceptors (Lipinski definition) is 10. The Labute approximate surface area is 562 Å². The largest absolute Gasteiger partial charge is 0.466 e. The molecule has 1 rings (SSSR count). The van der Waals surface area contributed by atoms with Gasteiger partial charge in [0.2, 0.25) is 5.91 Å². The van der Waals surface area contributed by atoms with Gasteiger partial charge in [-0.15, -0.1) is 0 Å². The van der Waals surface area contributed by atoms with E-state index in [0.717, 1.165) is 51.4 Å². The number of allylic oxidation sites excluding steroid dienone is 3. The zero-order valence-corrected chi connectivity index (χ0v) is 60.1. The number of carbonyl (C=O) groups excluding carboxylic acids is 2. The first-order valence-corrected chi connectivity index (χ1v) is 40.1. The van der Waals surface area contributed by atoms with E-state index in [1.807, 2.05) is 6.08 Å². The van der Waals surface area contributed by atoms with Crippen molar-refractivity contribution < 1.29 is 49.3 Å². The average molecular weight is 1290 g/mol. The molecule has 0 saturated carbocycles. The standard InChI is InChI=1S/C80H153NO10/c1-3-5-7-9-11-13-15-16-17-18-39-42-45-48-52-56-60-64-68-76(85)89-69-65-61-57-53-49-46-43-40-37-35-33-31-29-27-25-23-21-19-20-22-24-26-28-30-32-34-36-38-41-44-47-51-55-59-63-67-75(84)81-72(71-90-80-79(88)78(87)77(86)74(70-82)91-80)73(83)66-62-58-54-50-14-12-10-8-6-4-2/h21,23,62,66,72-74,77-80,82-83,86-88H,3-20,22,24-61,63-65,67-71H2,1-2H3,(H,81,84)/b23-21-,66-62+. The quantitative estimate of drug-likeness (QED) is 0.0195. The molecule has 0 aromatic heterocycles. The summed E-state index contributed by atoms with van der Waals surface area (Å²) in [5.41, 5.74) is 0. The normalized spacial score (nSPS) is 17.6. The van der Waals surface area contributed by atoms with E-state index in [4.69, 9.17) is 14.2 Å². The van der Waals surface area contributed by atoms with Gasteiger partial charge in [0, 0.05) is 12.8 Å². The van der Waals surface area contributed by atoms with Gasteiger partial charge < -0.3 is 45.1 Å². The van der Waals surface area contributed by atoms with E-state index >= 15 is 0 Å². The van der Waals surface area contributed by atoms with Crippen LogP contribution in [0.5, 0.6) is 0 Å². The zero-order chi connectivity index (χ0) is 65.8. The molecule has 91 heavy (non-hydrogen) atoms. The van der Waals surface area contributed by atoms with E-state index in [-0.39, 0.29) is 18.5 Å². The SMILES string of the molecule is CCCCCCCCCC/C=C/C(O)C(COC1OC(CO)C(O)C(O)C1O)NC(=O)CCCCCCCCCCCCCCCCCCC/C=C\CCCCCCCCCCCCCCCCOC(=O)CCCCCCCCCCCCCCCCCCCC. The summed E-state index contributed by atoms with van der Waals surface area (Å²) in [4.78, 5) is 25.2. The van der Waals surface area contributed by atoms with Gasteiger partial charge in [-0.05, 0) is 57.8 Å². The number of esters is 1. The number of hydrogen-bond donors (Lipinski definition) is 6. The molecule has 0 aliphatic carbocycles. The Morgan fingerprint density at radius 1 is 0.396 bits per heavy atom. The molecule has 0 radical (unpaired) electrons. The van der Waals surface area contributed by atoms with E-state index in [1.54, 1.807) is 6.08 Å². The van der Waals surface area contributed by atoms with Gasteiger partial charge >= 0.3 is 5.97 Å². The van der Waals surface area contributed by atoms with Crippen LogP contribution in [0.2, 0.25) is 0 Å². The van der Waals surface area contributed by atoms with Crippen molar-refractivity contribution in [3.8, 4) is 0 Å². The molecule has 1 saturated heterocycles. The molecule has 538 valence electrons. The van der Waals surface area contributed by atoms with Crippen LogP contribution < -0.4 is 5.32 Å². The van der Waals surface area contributed by atoms with E-state index < -0.39 is 49.5 Å². The smallest absolute Gasteiger partial charge is 0.305 e. The number of unbranched alkanes of at least 4 members (excludes halogenated alkanes) is 56. The predicted octanol–water partition coefficient (Wildman–Crippen LogP) is 21.5. The van der Waals surface area contributed by atoms with Crippen LogP contribution in [0.25, 0.3) is 0 Å². The van der Waals surface area contributed by atoms with Crippen molar-refractivity contribution in [2.75, 3.05) is 19.8 Å². The summed E-state index contributed by atoms with van der Waals surface area (Å²) in [6, 6.07) is -0.806. The minimum atomic E-state index is -1.57. The van der Waals surface area contributed by atoms with Crippen LogP contribution in [0.4, 0.5) is 0 Å². The molecule has 0 spiro atoms. The summed E-state index contributed by atoms with van der Waals surface area (Å²) in [5.74, 6) is -0.158. The van der Waals surface area contributed by atoms with Crippen molar-refractivity contribution in [3.05, 3.63) is 24.3 Å². The minimum absolute atomic E-state index is 0.0189. The number of carbonyl (C=O) groups is 2. The van der Waals surface area contributed by atoms with Crippen molar-refractivity contribution in [1.29, 1.82) is 0 Å². The van der Waals surface area contributed by atoms with Crippen LogP contribution in [0.3, 0.4) is 0 Å². The average Bonchev–Trinajstić information content (AvgIpc) is 3.02. The Morgan fingerprint density at radius 3 is 1.05 bits per heavy atom. The number of amides is 1. The second-order valence-corrected chi connectivity index (χ2v) is 28.1. The molecule has 7 atom stereocenters. The third-order valence-corrected chi connectivity index (χ3v) is 19.3. The van der Waals surface area contributed by atoms with Crippen LogP contribution in [-0.2, 0) is 23.8 Å². The first kappa shape index (κ1) is 87.2. The highest BCUT2D eigenvalue weighted by Gasteiger charge is 2.44. The Hall–Kier alpha value is -1.86. The topological polar surface area (TPSA) is 175 Å². The van der Waals surface area contributed by atoms with Gasteiger partial charge in [-0.3, -0.25) is 9.59 Å². The van der Waals surface area contributed by atoms with Gasteiger partial charge in [0.15, 0.2) is 6.29 Å². The Kier molecular flexibility index (Phi) is 66.6. The third kappa shape index (κ3) is 58.1. The van der Waals surface area contributed by atoms with Crippen LogP contribution in [-0.4, -0.2) is 100 Å². The summed E-state index contributed by atoms with van der Waals surface area (Å²) in [5, 5.41) is 54.4. The molecule has 0 bridgehead atoms. The maximum atomic E-state index is 13.0. The van der Waals surface area contributed by atoms with Gasteiger partial charge in [-0.2, -0.15) is 0 Å². The van der Waals surface area contributed by atoms with Gasteiger partial charge in [0.25, 0.3) is 0 Å². The van der Waals surface area contributed by atoms with Gasteiger partial charge in [0.05, 0.1) is 32.0 Å². The lowest BCUT2D eigenvalue weighted by Crippen LogP contribution is -2.60. The first-order chi connectivity index (χ1) is 44.7. The van der Waals surface area contributed by atoms with Crippen LogP contribution in [0.1, 0.15) is 412 Å². The summed E-state index contributed by atoms with van der Waals surface area (Å²) < 4.78 is 16.8. The van der Waals surface area contributed by atoms with Crippen LogP contribution in [0.15, 0.2) is 24.3 Å². The fourth-order valence-electron chi connectivity index (χ4n) is 13.0. The molecule has 6 N–H and O–H groups in total. The molecule has 1 aliphatic rings. The lowest BCUT2D eigenvalue weighted by molar-refractivity contribution is -0.302. The Morgan fingerprint density at radius 2 is 0.703 bits per heavy atom. The van der Waals surface area contributed by atoms with Gasteiger partial charge in [0.1, 0.15) is 24.4 Å². The minimum Gasteiger partial charge on any atom is -0.466 e. The maximum absolute atomic E-state index is 13.0. The van der Waals surface area contributed by atoms with Gasteiger partial charge in [-0.25, -0.2) is 0 Å². The highest BCUT2D eigenvalue weighted by Crippen LogP contribution is 2.24. The molecule has 0 aromatic carbocycles. The van der Waals surface area contributed by atoms with E-state index in [2.05, 4.69) is 31.3 Å². The van der Waals surface area contributed by atoms with Crippen molar-refractivity contribution in [2.24, 2.45) is 0 Å². The van der Waals surface area contributed by atoms with E-state index in [1.165, 1.54) is 334 Å². The number of rotatable bonds is 72. The van der Waals surface area contributed by atoms with Crippen molar-refractivity contribution in [2.45, 2.75) is 455 Å². The molecular formula is C80H153NO10. The predicted molar refractivity (Wildman–Crippen MR) is 384 cm³/mol. The second kappa shape index (κ2) is 69.5. The van der Waals surface area contributed by atoms with Gasteiger partial charge in [-0.1, -0.05) is 366 Å². The molecule has 11 heteroatoms. The number of aliphatic hydroxyl groups is 5. The lowest BCUT2D eigenvalue weighted by Gasteiger charge is -2.40. The molecule has 11 nitrogen and oxygen atoms in total. The highest BCUT2D eigenvalue weighted by atomic mass is 16.7. The summed E-state index contributed by atoms with van der Waals surface area (Å²) in [6.07, 6.45) is 79.4. The molecule has 0 aromatic rings. The summed E-state index contributed by atoms with van der Waals surface area (Å²) in [6.45, 7) is 4.38. The van der Waals surface area contributed by atoms with E-state index in [9.17, 15) is 35.1 Å². The van der Waals surface area contributed by atoms with Crippen molar-refractivity contribution in [1.82, 2.24) is 5.32 Å². The zero-order valence-electron chi connectivity index (χ0n) is 60.1. The molecular weight excluding hydrogens is 1130 g/mol. The summed E-state index contributed by atoms with van der Waals surface area (Å²) in [7, 11) is 0. The van der Waals surface area contributed by atoms with E-state index in [0.29, 0.717) is 19.4 Å². The second-order valence-electron chi connectivity index (χ2n) is 28.1. The number of ether oxygens (including phenoxy) is 3. The van der Waals surface area contributed by atoms with Crippen molar-refractivity contribution >= 4 is 11.9 Å². The van der Waals surface area contributed by atoms with Crippen LogP contribution in [0, 0.1) is 0 Å². The molecule has 7 unspecified atom stereocenters. The molecule has 1 aliphatic heterocycles. The molecule has 1 heterocycles. The fraction of sp³-hybridized carbons (Fsp3) is 0.925. The Balaban J connectivity index is 1.86. The monoisotopic (exact) mass is 1290 g/mol. The fourth-order valence-corrected chi connectivity index (χ4v) is 13.0. The highest BCUT2D eigenvalue weighted by molar-refractivity contribution is 5.76. The van der Waals surface area contributed by atoms with Crippen LogP contribution >= 0.6 is 0 Å². The van der Waals surface area contributed by atoms with Crippen molar-refractivity contribution in [3.63, 3.8) is 0 Å². The Bertz CT molecular complexity index is 1560. The first-order valence-electron chi connectivity index (χ1n) is 40.1. The summed E-state index contributed by atoms with van der Waals surface area (Å²) >= 11 is 0. The molecule has 1 amide bonds.